The number of carbonyl (C=O) groups is 1. The Morgan fingerprint density at radius 3 is 2.46 bits per heavy atom. The Labute approximate surface area is 243 Å². The van der Waals surface area contributed by atoms with Gasteiger partial charge in [0.15, 0.2) is 6.79 Å². The van der Waals surface area contributed by atoms with Gasteiger partial charge in [-0.2, -0.15) is 0 Å². The van der Waals surface area contributed by atoms with Crippen LogP contribution in [0.25, 0.3) is 11.1 Å². The zero-order chi connectivity index (χ0) is 29.8. The molecule has 0 spiro atoms. The van der Waals surface area contributed by atoms with Crippen molar-refractivity contribution in [3.8, 4) is 22.6 Å². The molecule has 4 rings (SSSR count). The molecular formula is C27H26BrF3N2O7S. The number of nitrogens with zero attached hydrogens (tertiary/aromatic N) is 1. The number of methoxy groups -OCH3 is 1. The van der Waals surface area contributed by atoms with Crippen molar-refractivity contribution in [2.24, 2.45) is 0 Å². The molecule has 3 aromatic carbocycles. The van der Waals surface area contributed by atoms with Crippen molar-refractivity contribution >= 4 is 43.2 Å². The highest BCUT2D eigenvalue weighted by atomic mass is 79.9. The minimum absolute atomic E-state index is 0.131. The van der Waals surface area contributed by atoms with Crippen molar-refractivity contribution in [2.75, 3.05) is 49.5 Å². The van der Waals surface area contributed by atoms with Crippen LogP contribution in [0.4, 0.5) is 24.5 Å². The lowest BCUT2D eigenvalue weighted by molar-refractivity contribution is -0.274. The normalized spacial score (nSPS) is 13.6. The molecular weight excluding hydrogens is 633 g/mol. The molecule has 0 aliphatic carbocycles. The van der Waals surface area contributed by atoms with Crippen LogP contribution in [0.3, 0.4) is 0 Å². The third kappa shape index (κ3) is 8.12. The molecule has 0 saturated carbocycles. The van der Waals surface area contributed by atoms with Gasteiger partial charge in [0, 0.05) is 29.4 Å². The fourth-order valence-corrected chi connectivity index (χ4v) is 5.37. The van der Waals surface area contributed by atoms with Gasteiger partial charge in [-0.25, -0.2) is 8.42 Å². The number of sulfonamides is 1. The summed E-state index contributed by atoms with van der Waals surface area (Å²) in [4.78, 5) is 15.0. The van der Waals surface area contributed by atoms with Crippen molar-refractivity contribution in [3.63, 3.8) is 0 Å². The summed E-state index contributed by atoms with van der Waals surface area (Å²) in [7, 11) is -2.12. The second-order valence-electron chi connectivity index (χ2n) is 8.99. The minimum Gasteiger partial charge on any atom is -0.465 e. The van der Waals surface area contributed by atoms with Crippen LogP contribution >= 0.6 is 15.9 Å². The topological polar surface area (TPSA) is 103 Å². The predicted molar refractivity (Wildman–Crippen MR) is 150 cm³/mol. The van der Waals surface area contributed by atoms with Gasteiger partial charge in [-0.1, -0.05) is 28.1 Å². The van der Waals surface area contributed by atoms with Gasteiger partial charge in [-0.15, -0.1) is 13.2 Å². The van der Waals surface area contributed by atoms with E-state index in [4.69, 9.17) is 14.2 Å². The standard InChI is InChI=1S/C27H26BrF3N2O7S/c1-37-11-12-38-16-39-25-8-4-19(14-24(25)32-41(2,35)36)33-10-9-18-13-17(3-6-22(18)26(33)34)21-7-5-20(15-23(21)28)40-27(29,30)31/h3-8,13-15,32H,9-12,16H2,1-2H3. The molecule has 0 atom stereocenters. The van der Waals surface area contributed by atoms with Gasteiger partial charge >= 0.3 is 6.36 Å². The maximum atomic E-state index is 13.5. The van der Waals surface area contributed by atoms with Crippen molar-refractivity contribution in [2.45, 2.75) is 12.8 Å². The van der Waals surface area contributed by atoms with Crippen molar-refractivity contribution < 1.29 is 45.3 Å². The van der Waals surface area contributed by atoms with Crippen LogP contribution in [-0.2, 0) is 25.9 Å². The Hall–Kier alpha value is -3.33. The average molecular weight is 659 g/mol. The smallest absolute Gasteiger partial charge is 0.465 e. The number of ether oxygens (including phenoxy) is 4. The quantitative estimate of drug-likeness (QED) is 0.212. The van der Waals surface area contributed by atoms with Gasteiger partial charge in [0.2, 0.25) is 10.0 Å². The van der Waals surface area contributed by atoms with Crippen LogP contribution < -0.4 is 19.1 Å². The van der Waals surface area contributed by atoms with E-state index in [1.54, 1.807) is 24.3 Å². The number of fused-ring (bicyclic) bond motifs is 1. The van der Waals surface area contributed by atoms with Crippen LogP contribution in [0.15, 0.2) is 59.1 Å². The number of carbonyl (C=O) groups excluding carboxylic acids is 1. The number of benzene rings is 3. The van der Waals surface area contributed by atoms with Crippen molar-refractivity contribution in [1.82, 2.24) is 0 Å². The van der Waals surface area contributed by atoms with Gasteiger partial charge in [0.25, 0.3) is 5.91 Å². The summed E-state index contributed by atoms with van der Waals surface area (Å²) in [5.41, 5.74) is 3.19. The summed E-state index contributed by atoms with van der Waals surface area (Å²) < 4.78 is 84.2. The number of alkyl halides is 3. The van der Waals surface area contributed by atoms with E-state index in [1.807, 2.05) is 6.07 Å². The lowest BCUT2D eigenvalue weighted by Crippen LogP contribution is -2.37. The average Bonchev–Trinajstić information content (AvgIpc) is 2.87. The third-order valence-electron chi connectivity index (χ3n) is 5.97. The molecule has 0 aromatic heterocycles. The van der Waals surface area contributed by atoms with Gasteiger partial charge in [-0.05, 0) is 65.6 Å². The maximum Gasteiger partial charge on any atom is 0.573 e. The molecule has 1 aliphatic rings. The maximum absolute atomic E-state index is 13.5. The molecule has 1 aliphatic heterocycles. The number of rotatable bonds is 11. The number of anilines is 2. The van der Waals surface area contributed by atoms with Crippen LogP contribution in [0.1, 0.15) is 15.9 Å². The van der Waals surface area contributed by atoms with Crippen LogP contribution in [0.5, 0.6) is 11.5 Å². The van der Waals surface area contributed by atoms with Crippen LogP contribution in [-0.4, -0.2) is 60.6 Å². The van der Waals surface area contributed by atoms with E-state index in [1.165, 1.54) is 36.3 Å². The summed E-state index contributed by atoms with van der Waals surface area (Å²) in [6, 6.07) is 13.9. The first-order valence-corrected chi connectivity index (χ1v) is 14.8. The third-order valence-corrected chi connectivity index (χ3v) is 7.22. The number of amides is 1. The fourth-order valence-electron chi connectivity index (χ4n) is 4.23. The first-order chi connectivity index (χ1) is 19.3. The van der Waals surface area contributed by atoms with Gasteiger partial charge < -0.3 is 23.8 Å². The molecule has 1 amide bonds. The summed E-state index contributed by atoms with van der Waals surface area (Å²) in [5.74, 6) is -0.410. The molecule has 0 bridgehead atoms. The van der Waals surface area contributed by atoms with E-state index in [-0.39, 0.29) is 29.9 Å². The molecule has 0 fully saturated rings. The molecule has 3 aromatic rings. The van der Waals surface area contributed by atoms with E-state index in [0.29, 0.717) is 53.0 Å². The molecule has 9 nitrogen and oxygen atoms in total. The monoisotopic (exact) mass is 658 g/mol. The van der Waals surface area contributed by atoms with Crippen LogP contribution in [0, 0.1) is 0 Å². The molecule has 1 N–H and O–H groups in total. The van der Waals surface area contributed by atoms with Crippen molar-refractivity contribution in [3.05, 3.63) is 70.2 Å². The second-order valence-corrected chi connectivity index (χ2v) is 11.6. The zero-order valence-corrected chi connectivity index (χ0v) is 24.4. The molecule has 0 saturated heterocycles. The lowest BCUT2D eigenvalue weighted by Gasteiger charge is -2.29. The Morgan fingerprint density at radius 1 is 1.02 bits per heavy atom. The van der Waals surface area contributed by atoms with Crippen molar-refractivity contribution in [1.29, 1.82) is 0 Å². The summed E-state index contributed by atoms with van der Waals surface area (Å²) in [5, 5.41) is 0. The molecule has 220 valence electrons. The largest absolute Gasteiger partial charge is 0.573 e. The molecule has 1 heterocycles. The number of hydrogen-bond acceptors (Lipinski definition) is 7. The Bertz CT molecular complexity index is 1530. The molecule has 14 heteroatoms. The fraction of sp³-hybridized carbons (Fsp3) is 0.296. The van der Waals surface area contributed by atoms with Gasteiger partial charge in [-0.3, -0.25) is 9.52 Å². The highest BCUT2D eigenvalue weighted by molar-refractivity contribution is 9.10. The SMILES string of the molecule is COCCOCOc1ccc(N2CCc3cc(-c4ccc(OC(F)(F)F)cc4Br)ccc3C2=O)cc1NS(C)(=O)=O. The van der Waals surface area contributed by atoms with E-state index in [9.17, 15) is 26.4 Å². The lowest BCUT2D eigenvalue weighted by atomic mass is 9.93. The van der Waals surface area contributed by atoms with Crippen LogP contribution in [0.2, 0.25) is 0 Å². The number of halogens is 4. The first kappa shape index (κ1) is 30.6. The Balaban J connectivity index is 1.55. The van der Waals surface area contributed by atoms with E-state index in [0.717, 1.165) is 11.8 Å². The van der Waals surface area contributed by atoms with E-state index in [2.05, 4.69) is 25.4 Å². The second kappa shape index (κ2) is 12.7. The number of nitrogens with one attached hydrogen (secondary N) is 1. The van der Waals surface area contributed by atoms with Gasteiger partial charge in [0.05, 0.1) is 25.2 Å². The Morgan fingerprint density at radius 2 is 1.78 bits per heavy atom. The number of hydrogen-bond donors (Lipinski definition) is 1. The zero-order valence-electron chi connectivity index (χ0n) is 22.0. The summed E-state index contributed by atoms with van der Waals surface area (Å²) in [6.07, 6.45) is -3.30. The first-order valence-electron chi connectivity index (χ1n) is 12.2. The van der Waals surface area contributed by atoms with E-state index >= 15 is 0 Å². The summed E-state index contributed by atoms with van der Waals surface area (Å²) >= 11 is 3.30. The van der Waals surface area contributed by atoms with Gasteiger partial charge in [0.1, 0.15) is 11.5 Å². The molecule has 41 heavy (non-hydrogen) atoms. The highest BCUT2D eigenvalue weighted by Gasteiger charge is 2.31. The predicted octanol–water partition coefficient (Wildman–Crippen LogP) is 5.59. The minimum atomic E-state index is -4.80. The van der Waals surface area contributed by atoms with E-state index < -0.39 is 16.4 Å². The Kier molecular flexibility index (Phi) is 9.47. The molecule has 0 radical (unpaired) electrons. The summed E-state index contributed by atoms with van der Waals surface area (Å²) in [6.45, 7) is 0.847. The molecule has 0 unspecified atom stereocenters. The highest BCUT2D eigenvalue weighted by Crippen LogP contribution is 2.37.